The van der Waals surface area contributed by atoms with Crippen molar-refractivity contribution >= 4 is 11.2 Å². The standard InChI is InChI=1S/C11H15N5O3/c1-15-4-14-11-9(10(15)12)13-5-16(11)8-2-6(18)7(3-17)19-8/h4-8,12,17-18H,2-3H2,1H3. The fourth-order valence-electron chi connectivity index (χ4n) is 2.28. The van der Waals surface area contributed by atoms with E-state index in [-0.39, 0.29) is 12.1 Å². The zero-order valence-corrected chi connectivity index (χ0v) is 10.4. The van der Waals surface area contributed by atoms with Crippen LogP contribution in [0.25, 0.3) is 11.2 Å². The van der Waals surface area contributed by atoms with Crippen LogP contribution in [0.4, 0.5) is 0 Å². The fourth-order valence-corrected chi connectivity index (χ4v) is 2.28. The number of aryl methyl sites for hydroxylation is 1. The van der Waals surface area contributed by atoms with Crippen LogP contribution in [0.15, 0.2) is 12.7 Å². The van der Waals surface area contributed by atoms with Crippen LogP contribution < -0.4 is 5.49 Å². The van der Waals surface area contributed by atoms with Crippen LogP contribution in [0, 0.1) is 5.41 Å². The molecule has 0 aliphatic carbocycles. The van der Waals surface area contributed by atoms with E-state index in [4.69, 9.17) is 15.3 Å². The minimum atomic E-state index is -0.706. The van der Waals surface area contributed by atoms with E-state index in [1.807, 2.05) is 0 Å². The quantitative estimate of drug-likeness (QED) is 0.638. The van der Waals surface area contributed by atoms with Crippen LogP contribution in [0.3, 0.4) is 0 Å². The zero-order valence-electron chi connectivity index (χ0n) is 10.4. The average molecular weight is 265 g/mol. The predicted octanol–water partition coefficient (Wildman–Crippen LogP) is -1.11. The Balaban J connectivity index is 2.03. The number of aliphatic hydroxyl groups is 2. The number of ether oxygens (including phenoxy) is 1. The molecule has 0 aromatic carbocycles. The molecule has 1 aliphatic heterocycles. The number of nitrogens with zero attached hydrogens (tertiary/aromatic N) is 4. The third kappa shape index (κ3) is 1.84. The van der Waals surface area contributed by atoms with Gasteiger partial charge in [0.1, 0.15) is 17.8 Å². The van der Waals surface area contributed by atoms with E-state index in [9.17, 15) is 5.11 Å². The maximum absolute atomic E-state index is 9.75. The smallest absolute Gasteiger partial charge is 0.167 e. The van der Waals surface area contributed by atoms with E-state index in [0.29, 0.717) is 17.6 Å². The molecule has 0 bridgehead atoms. The van der Waals surface area contributed by atoms with Crippen LogP contribution in [0.1, 0.15) is 12.6 Å². The van der Waals surface area contributed by atoms with Gasteiger partial charge in [-0.3, -0.25) is 9.98 Å². The molecule has 3 N–H and O–H groups in total. The summed E-state index contributed by atoms with van der Waals surface area (Å²) in [6.45, 7) is -0.226. The Morgan fingerprint density at radius 1 is 1.47 bits per heavy atom. The number of aliphatic hydroxyl groups excluding tert-OH is 2. The maximum atomic E-state index is 9.75. The van der Waals surface area contributed by atoms with Gasteiger partial charge in [-0.05, 0) is 0 Å². The van der Waals surface area contributed by atoms with Gasteiger partial charge >= 0.3 is 0 Å². The zero-order chi connectivity index (χ0) is 13.6. The minimum absolute atomic E-state index is 0.226. The first-order chi connectivity index (χ1) is 9.11. The summed E-state index contributed by atoms with van der Waals surface area (Å²) in [6.07, 6.45) is 1.74. The Kier molecular flexibility index (Phi) is 2.85. The van der Waals surface area contributed by atoms with E-state index in [1.165, 1.54) is 6.33 Å². The van der Waals surface area contributed by atoms with Gasteiger partial charge in [0.25, 0.3) is 0 Å². The van der Waals surface area contributed by atoms with Crippen LogP contribution in [0.2, 0.25) is 0 Å². The van der Waals surface area contributed by atoms with Crippen molar-refractivity contribution in [3.05, 3.63) is 18.1 Å². The van der Waals surface area contributed by atoms with Gasteiger partial charge in [0, 0.05) is 13.5 Å². The lowest BCUT2D eigenvalue weighted by atomic mass is 10.2. The molecule has 102 valence electrons. The highest BCUT2D eigenvalue weighted by molar-refractivity contribution is 5.68. The van der Waals surface area contributed by atoms with Crippen LogP contribution in [-0.4, -0.2) is 48.1 Å². The lowest BCUT2D eigenvalue weighted by Crippen LogP contribution is -2.24. The van der Waals surface area contributed by atoms with E-state index in [0.717, 1.165) is 0 Å². The molecule has 0 amide bonds. The molecule has 0 radical (unpaired) electrons. The number of hydrogen-bond acceptors (Lipinski definition) is 6. The summed E-state index contributed by atoms with van der Waals surface area (Å²) in [5.74, 6) is 0. The third-order valence-electron chi connectivity index (χ3n) is 3.39. The molecule has 8 nitrogen and oxygen atoms in total. The molecular formula is C11H15N5O3. The largest absolute Gasteiger partial charge is 0.394 e. The third-order valence-corrected chi connectivity index (χ3v) is 3.39. The highest BCUT2D eigenvalue weighted by atomic mass is 16.5. The molecule has 3 atom stereocenters. The Hall–Kier alpha value is -1.77. The summed E-state index contributed by atoms with van der Waals surface area (Å²) in [5.41, 5.74) is 1.29. The molecule has 8 heteroatoms. The van der Waals surface area contributed by atoms with Crippen molar-refractivity contribution < 1.29 is 14.9 Å². The van der Waals surface area contributed by atoms with Gasteiger partial charge in [-0.2, -0.15) is 0 Å². The van der Waals surface area contributed by atoms with E-state index < -0.39 is 18.4 Å². The first-order valence-electron chi connectivity index (χ1n) is 5.99. The van der Waals surface area contributed by atoms with Gasteiger partial charge in [0.05, 0.1) is 25.4 Å². The second kappa shape index (κ2) is 4.41. The molecule has 19 heavy (non-hydrogen) atoms. The molecule has 2 aromatic heterocycles. The van der Waals surface area contributed by atoms with E-state index >= 15 is 0 Å². The van der Waals surface area contributed by atoms with Gasteiger partial charge in [-0.15, -0.1) is 0 Å². The molecule has 0 saturated carbocycles. The summed E-state index contributed by atoms with van der Waals surface area (Å²) in [4.78, 5) is 8.41. The Labute approximate surface area is 108 Å². The minimum Gasteiger partial charge on any atom is -0.394 e. The summed E-state index contributed by atoms with van der Waals surface area (Å²) in [6, 6.07) is 0. The van der Waals surface area contributed by atoms with E-state index in [2.05, 4.69) is 9.97 Å². The number of aromatic nitrogens is 4. The molecule has 3 unspecified atom stereocenters. The number of imidazole rings is 1. The first kappa shape index (κ1) is 12.3. The summed E-state index contributed by atoms with van der Waals surface area (Å²) >= 11 is 0. The Bertz CT molecular complexity index is 664. The average Bonchev–Trinajstić information content (AvgIpc) is 2.97. The summed E-state index contributed by atoms with van der Waals surface area (Å²) < 4.78 is 8.82. The lowest BCUT2D eigenvalue weighted by molar-refractivity contribution is -0.0432. The summed E-state index contributed by atoms with van der Waals surface area (Å²) in [7, 11) is 1.73. The molecular weight excluding hydrogens is 250 g/mol. The molecule has 1 aliphatic rings. The number of rotatable bonds is 2. The molecule has 3 rings (SSSR count). The van der Waals surface area contributed by atoms with Crippen LogP contribution in [-0.2, 0) is 11.8 Å². The second-order valence-electron chi connectivity index (χ2n) is 4.64. The van der Waals surface area contributed by atoms with Gasteiger partial charge in [0.2, 0.25) is 0 Å². The SMILES string of the molecule is Cn1cnc2c(ncn2C2CC(O)C(CO)O2)c1=N. The molecule has 1 saturated heterocycles. The summed E-state index contributed by atoms with van der Waals surface area (Å²) in [5, 5.41) is 26.7. The highest BCUT2D eigenvalue weighted by Crippen LogP contribution is 2.29. The second-order valence-corrected chi connectivity index (χ2v) is 4.64. The highest BCUT2D eigenvalue weighted by Gasteiger charge is 2.35. The van der Waals surface area contributed by atoms with Gasteiger partial charge < -0.3 is 19.5 Å². The topological polar surface area (TPSA) is 109 Å². The Morgan fingerprint density at radius 2 is 2.26 bits per heavy atom. The van der Waals surface area contributed by atoms with Gasteiger partial charge in [0.15, 0.2) is 11.1 Å². The Morgan fingerprint density at radius 3 is 2.95 bits per heavy atom. The van der Waals surface area contributed by atoms with Crippen LogP contribution >= 0.6 is 0 Å². The monoisotopic (exact) mass is 265 g/mol. The fraction of sp³-hybridized carbons (Fsp3) is 0.545. The van der Waals surface area contributed by atoms with Crippen molar-refractivity contribution in [1.29, 1.82) is 5.41 Å². The molecule has 1 fully saturated rings. The predicted molar refractivity (Wildman–Crippen MR) is 64.0 cm³/mol. The van der Waals surface area contributed by atoms with Crippen molar-refractivity contribution in [2.24, 2.45) is 7.05 Å². The van der Waals surface area contributed by atoms with Gasteiger partial charge in [-0.1, -0.05) is 0 Å². The van der Waals surface area contributed by atoms with Crippen molar-refractivity contribution in [3.63, 3.8) is 0 Å². The van der Waals surface area contributed by atoms with E-state index in [1.54, 1.807) is 22.5 Å². The number of hydrogen-bond donors (Lipinski definition) is 3. The molecule has 0 spiro atoms. The first-order valence-corrected chi connectivity index (χ1v) is 5.99. The van der Waals surface area contributed by atoms with Crippen molar-refractivity contribution in [2.45, 2.75) is 24.9 Å². The van der Waals surface area contributed by atoms with Crippen molar-refractivity contribution in [2.75, 3.05) is 6.61 Å². The molecule has 3 heterocycles. The number of fused-ring (bicyclic) bond motifs is 1. The number of nitrogens with one attached hydrogen (secondary N) is 1. The van der Waals surface area contributed by atoms with Crippen LogP contribution in [0.5, 0.6) is 0 Å². The van der Waals surface area contributed by atoms with Crippen molar-refractivity contribution in [1.82, 2.24) is 19.1 Å². The normalized spacial score (nSPS) is 27.2. The van der Waals surface area contributed by atoms with Crippen molar-refractivity contribution in [3.8, 4) is 0 Å². The van der Waals surface area contributed by atoms with Gasteiger partial charge in [-0.25, -0.2) is 9.97 Å². The molecule has 2 aromatic rings. The lowest BCUT2D eigenvalue weighted by Gasteiger charge is -2.13. The maximum Gasteiger partial charge on any atom is 0.167 e.